The van der Waals surface area contributed by atoms with Gasteiger partial charge in [-0.15, -0.1) is 17.5 Å². The minimum atomic E-state index is 0. The highest BCUT2D eigenvalue weighted by Gasteiger charge is 2.22. The Morgan fingerprint density at radius 2 is 2.12 bits per heavy atom. The van der Waals surface area contributed by atoms with Crippen LogP contribution in [-0.2, 0) is 0 Å². The van der Waals surface area contributed by atoms with Crippen LogP contribution in [-0.4, -0.2) is 61.6 Å². The summed E-state index contributed by atoms with van der Waals surface area (Å²) >= 11 is 0. The van der Waals surface area contributed by atoms with E-state index < -0.39 is 0 Å². The molecule has 0 unspecified atom stereocenters. The lowest BCUT2D eigenvalue weighted by molar-refractivity contribution is 0.189. The number of likely N-dealkylation sites (N-methyl/N-ethyl adjacent to an activating group) is 1. The van der Waals surface area contributed by atoms with E-state index in [9.17, 15) is 5.11 Å². The van der Waals surface area contributed by atoms with E-state index in [2.05, 4.69) is 37.3 Å². The lowest BCUT2D eigenvalue weighted by atomic mass is 10.0. The molecular weight excluding hydrogens is 356 g/mol. The first-order chi connectivity index (χ1) is 12.2. The first kappa shape index (κ1) is 18.1. The average molecular weight is 375 g/mol. The van der Waals surface area contributed by atoms with Crippen molar-refractivity contribution in [2.45, 2.75) is 12.5 Å². The van der Waals surface area contributed by atoms with Crippen LogP contribution in [0, 0.1) is 0 Å². The Hall–Kier alpha value is -2.71. The fraction of sp³-hybridized carbons (Fsp3) is 0.294. The van der Waals surface area contributed by atoms with Crippen molar-refractivity contribution in [2.75, 3.05) is 20.1 Å². The van der Waals surface area contributed by atoms with Crippen LogP contribution in [0.5, 0.6) is 11.8 Å². The van der Waals surface area contributed by atoms with Gasteiger partial charge in [-0.05, 0) is 31.2 Å². The summed E-state index contributed by atoms with van der Waals surface area (Å²) in [6, 6.07) is 5.61. The molecule has 8 nitrogen and oxygen atoms in total. The van der Waals surface area contributed by atoms with Gasteiger partial charge in [0.2, 0.25) is 0 Å². The maximum Gasteiger partial charge on any atom is 0.335 e. The molecule has 1 atom stereocenters. The molecule has 0 aliphatic carbocycles. The number of hydrogen-bond acceptors (Lipinski definition) is 7. The molecule has 0 spiro atoms. The van der Waals surface area contributed by atoms with E-state index in [-0.39, 0.29) is 30.3 Å². The van der Waals surface area contributed by atoms with Gasteiger partial charge in [-0.3, -0.25) is 5.10 Å². The molecule has 2 aromatic heterocycles. The highest BCUT2D eigenvalue weighted by atomic mass is 35.5. The number of aromatic amines is 1. The molecule has 136 valence electrons. The minimum Gasteiger partial charge on any atom is -0.507 e. The van der Waals surface area contributed by atoms with Crippen molar-refractivity contribution in [2.24, 2.45) is 0 Å². The van der Waals surface area contributed by atoms with Crippen LogP contribution in [0.3, 0.4) is 0 Å². The van der Waals surface area contributed by atoms with Crippen LogP contribution in [0.25, 0.3) is 22.4 Å². The monoisotopic (exact) mass is 374 g/mol. The van der Waals surface area contributed by atoms with Gasteiger partial charge in [0.1, 0.15) is 17.5 Å². The van der Waals surface area contributed by atoms with Gasteiger partial charge in [0.15, 0.2) is 0 Å². The van der Waals surface area contributed by atoms with E-state index in [1.807, 2.05) is 6.07 Å². The number of aromatic nitrogens is 5. The third kappa shape index (κ3) is 3.76. The van der Waals surface area contributed by atoms with E-state index in [0.717, 1.165) is 30.6 Å². The van der Waals surface area contributed by atoms with Crippen LogP contribution in [0.15, 0.2) is 36.8 Å². The molecule has 1 saturated heterocycles. The smallest absolute Gasteiger partial charge is 0.335 e. The number of nitrogens with one attached hydrogen (secondary N) is 1. The summed E-state index contributed by atoms with van der Waals surface area (Å²) in [5.74, 6) is 0.112. The lowest BCUT2D eigenvalue weighted by Crippen LogP contribution is -2.22. The molecule has 3 heterocycles. The third-order valence-corrected chi connectivity index (χ3v) is 4.27. The van der Waals surface area contributed by atoms with Crippen molar-refractivity contribution >= 4 is 12.4 Å². The van der Waals surface area contributed by atoms with Crippen molar-refractivity contribution in [1.82, 2.24) is 30.3 Å². The second kappa shape index (κ2) is 7.67. The van der Waals surface area contributed by atoms with Gasteiger partial charge in [0.25, 0.3) is 0 Å². The molecule has 4 rings (SSSR count). The number of H-pyrrole nitrogens is 1. The lowest BCUT2D eigenvalue weighted by Gasteiger charge is -2.11. The first-order valence-electron chi connectivity index (χ1n) is 8.06. The van der Waals surface area contributed by atoms with Crippen LogP contribution in [0.1, 0.15) is 6.42 Å². The molecule has 2 N–H and O–H groups in total. The molecule has 0 radical (unpaired) electrons. The van der Waals surface area contributed by atoms with Gasteiger partial charge in [-0.1, -0.05) is 11.2 Å². The van der Waals surface area contributed by atoms with Crippen LogP contribution in [0.2, 0.25) is 0 Å². The quantitative estimate of drug-likeness (QED) is 0.721. The summed E-state index contributed by atoms with van der Waals surface area (Å²) in [5.41, 5.74) is 2.82. The van der Waals surface area contributed by atoms with Crippen molar-refractivity contribution in [3.8, 4) is 34.1 Å². The van der Waals surface area contributed by atoms with Gasteiger partial charge in [0.05, 0.1) is 12.4 Å². The zero-order valence-corrected chi connectivity index (χ0v) is 15.0. The number of hydrogen-bond donors (Lipinski definition) is 2. The van der Waals surface area contributed by atoms with Crippen LogP contribution < -0.4 is 4.74 Å². The maximum atomic E-state index is 10.3. The van der Waals surface area contributed by atoms with Gasteiger partial charge in [0, 0.05) is 30.4 Å². The van der Waals surface area contributed by atoms with Crippen LogP contribution >= 0.6 is 12.4 Å². The molecule has 1 aromatic carbocycles. The Morgan fingerprint density at radius 1 is 1.23 bits per heavy atom. The summed E-state index contributed by atoms with van der Waals surface area (Å²) in [4.78, 5) is 6.42. The molecule has 3 aromatic rings. The Morgan fingerprint density at radius 3 is 2.73 bits per heavy atom. The molecule has 26 heavy (non-hydrogen) atoms. The molecule has 1 aliphatic rings. The van der Waals surface area contributed by atoms with Crippen molar-refractivity contribution in [1.29, 1.82) is 0 Å². The summed E-state index contributed by atoms with van der Waals surface area (Å²) < 4.78 is 5.74. The number of benzene rings is 1. The predicted octanol–water partition coefficient (Wildman–Crippen LogP) is 2.14. The Labute approximate surface area is 156 Å². The maximum absolute atomic E-state index is 10.3. The highest BCUT2D eigenvalue weighted by molar-refractivity contribution is 5.85. The number of phenolic OH excluding ortho intramolecular Hbond substituents is 1. The molecule has 0 amide bonds. The summed E-state index contributed by atoms with van der Waals surface area (Å²) in [6.07, 6.45) is 6.08. The molecular formula is C17H19ClN6O2. The minimum absolute atomic E-state index is 0. The fourth-order valence-electron chi connectivity index (χ4n) is 2.92. The number of halogens is 1. The van der Waals surface area contributed by atoms with E-state index in [4.69, 9.17) is 4.74 Å². The molecule has 1 fully saturated rings. The number of phenols is 1. The SMILES string of the molecule is CN1CC[C@H](Oc2ncc(-c3ccc(-c4cn[nH]c4)cc3O)nn2)C1.Cl. The summed E-state index contributed by atoms with van der Waals surface area (Å²) in [5, 5.41) is 25.1. The normalized spacial score (nSPS) is 17.0. The van der Waals surface area contributed by atoms with Gasteiger partial charge >= 0.3 is 6.01 Å². The topological polar surface area (TPSA) is 100 Å². The van der Waals surface area contributed by atoms with Gasteiger partial charge < -0.3 is 14.7 Å². The Kier molecular flexibility index (Phi) is 5.34. The van der Waals surface area contributed by atoms with Crippen LogP contribution in [0.4, 0.5) is 0 Å². The second-order valence-electron chi connectivity index (χ2n) is 6.14. The molecule has 9 heteroatoms. The number of ether oxygens (including phenoxy) is 1. The van der Waals surface area contributed by atoms with Gasteiger partial charge in [-0.25, -0.2) is 4.98 Å². The van der Waals surface area contributed by atoms with E-state index in [1.165, 1.54) is 0 Å². The highest BCUT2D eigenvalue weighted by Crippen LogP contribution is 2.31. The second-order valence-corrected chi connectivity index (χ2v) is 6.14. The first-order valence-corrected chi connectivity index (χ1v) is 8.06. The fourth-order valence-corrected chi connectivity index (χ4v) is 2.92. The predicted molar refractivity (Wildman–Crippen MR) is 98.3 cm³/mol. The number of nitrogens with zero attached hydrogens (tertiary/aromatic N) is 5. The van der Waals surface area contributed by atoms with Gasteiger partial charge in [-0.2, -0.15) is 5.10 Å². The number of likely N-dealkylation sites (tertiary alicyclic amines) is 1. The summed E-state index contributed by atoms with van der Waals surface area (Å²) in [6.45, 7) is 1.87. The van der Waals surface area contributed by atoms with E-state index in [0.29, 0.717) is 11.3 Å². The van der Waals surface area contributed by atoms with Crippen molar-refractivity contribution in [3.63, 3.8) is 0 Å². The van der Waals surface area contributed by atoms with Crippen molar-refractivity contribution in [3.05, 3.63) is 36.8 Å². The molecule has 0 bridgehead atoms. The molecule has 1 aliphatic heterocycles. The summed E-state index contributed by atoms with van der Waals surface area (Å²) in [7, 11) is 2.06. The van der Waals surface area contributed by atoms with E-state index >= 15 is 0 Å². The zero-order valence-electron chi connectivity index (χ0n) is 14.2. The third-order valence-electron chi connectivity index (χ3n) is 4.27. The Balaban J connectivity index is 0.00000196. The Bertz CT molecular complexity index is 856. The molecule has 0 saturated carbocycles. The van der Waals surface area contributed by atoms with E-state index in [1.54, 1.807) is 30.7 Å². The zero-order chi connectivity index (χ0) is 17.2. The number of rotatable bonds is 4. The van der Waals surface area contributed by atoms with Crippen molar-refractivity contribution < 1.29 is 9.84 Å². The standard InChI is InChI=1S/C17H18N6O2.ClH/c1-23-5-4-13(10-23)25-17-18-9-15(21-22-17)14-3-2-11(6-16(14)24)12-7-19-20-8-12;/h2-3,6-9,13,24H,4-5,10H2,1H3,(H,19,20);1H/t13-;/m0./s1. The largest absolute Gasteiger partial charge is 0.507 e. The number of aromatic hydroxyl groups is 1. The average Bonchev–Trinajstić information content (AvgIpc) is 3.28.